The Kier molecular flexibility index (Phi) is 3.24. The maximum absolute atomic E-state index is 4.67. The topological polar surface area (TPSA) is 56.8 Å². The van der Waals surface area contributed by atoms with Crippen molar-refractivity contribution in [2.45, 2.75) is 25.3 Å². The molecule has 0 aromatic carbocycles. The second kappa shape index (κ2) is 4.86. The van der Waals surface area contributed by atoms with Gasteiger partial charge in [0.2, 0.25) is 5.95 Å². The van der Waals surface area contributed by atoms with Gasteiger partial charge < -0.3 is 10.2 Å². The van der Waals surface area contributed by atoms with Gasteiger partial charge in [-0.15, -0.1) is 5.10 Å². The van der Waals surface area contributed by atoms with Crippen molar-refractivity contribution in [2.75, 3.05) is 36.0 Å². The van der Waals surface area contributed by atoms with E-state index in [2.05, 4.69) is 32.3 Å². The van der Waals surface area contributed by atoms with E-state index in [1.165, 1.54) is 17.9 Å². The summed E-state index contributed by atoms with van der Waals surface area (Å²) in [5.74, 6) is 4.99. The molecule has 1 unspecified atom stereocenters. The molecule has 2 aliphatic rings. The van der Waals surface area contributed by atoms with Crippen molar-refractivity contribution >= 4 is 17.7 Å². The van der Waals surface area contributed by atoms with E-state index in [4.69, 9.17) is 0 Å². The fourth-order valence-electron chi connectivity index (χ4n) is 2.45. The molecule has 2 saturated heterocycles. The number of hydrogen-bond donors (Lipinski definition) is 2. The van der Waals surface area contributed by atoms with E-state index in [1.807, 2.05) is 11.8 Å². The first-order valence-corrected chi connectivity index (χ1v) is 7.47. The normalized spacial score (nSPS) is 29.8. The first-order chi connectivity index (χ1) is 8.33. The Morgan fingerprint density at radius 1 is 1.47 bits per heavy atom. The van der Waals surface area contributed by atoms with Crippen LogP contribution in [0.15, 0.2) is 0 Å². The predicted octanol–water partition coefficient (Wildman–Crippen LogP) is 0.823. The van der Waals surface area contributed by atoms with Crippen LogP contribution in [0.2, 0.25) is 0 Å². The van der Waals surface area contributed by atoms with Gasteiger partial charge in [0.05, 0.1) is 0 Å². The summed E-state index contributed by atoms with van der Waals surface area (Å²) in [5.41, 5.74) is 0. The lowest BCUT2D eigenvalue weighted by atomic mass is 10.1. The Balaban J connectivity index is 1.70. The van der Waals surface area contributed by atoms with Crippen LogP contribution in [-0.2, 0) is 0 Å². The zero-order valence-electron chi connectivity index (χ0n) is 10.1. The Bertz CT molecular complexity index is 374. The molecule has 2 aliphatic heterocycles. The van der Waals surface area contributed by atoms with Crippen LogP contribution in [0.3, 0.4) is 0 Å². The van der Waals surface area contributed by atoms with Crippen molar-refractivity contribution in [3.63, 3.8) is 0 Å². The fraction of sp³-hybridized carbons (Fsp3) is 0.818. The molecule has 94 valence electrons. The molecule has 6 heteroatoms. The summed E-state index contributed by atoms with van der Waals surface area (Å²) >= 11 is 2.01. The van der Waals surface area contributed by atoms with Crippen molar-refractivity contribution in [1.29, 1.82) is 0 Å². The molecule has 1 aromatic rings. The second-order valence-corrected chi connectivity index (χ2v) is 6.03. The van der Waals surface area contributed by atoms with Gasteiger partial charge in [0.1, 0.15) is 5.82 Å². The second-order valence-electron chi connectivity index (χ2n) is 4.88. The molecule has 2 fully saturated rings. The molecule has 5 nitrogen and oxygen atoms in total. The molecule has 0 spiro atoms. The maximum atomic E-state index is 4.67. The zero-order chi connectivity index (χ0) is 11.7. The average molecular weight is 253 g/mol. The Morgan fingerprint density at radius 2 is 2.41 bits per heavy atom. The van der Waals surface area contributed by atoms with Crippen LogP contribution in [0.4, 0.5) is 5.95 Å². The molecule has 0 bridgehead atoms. The lowest BCUT2D eigenvalue weighted by Crippen LogP contribution is -2.49. The number of piperazine rings is 1. The van der Waals surface area contributed by atoms with Crippen LogP contribution in [0.25, 0.3) is 0 Å². The van der Waals surface area contributed by atoms with E-state index < -0.39 is 0 Å². The number of aromatic amines is 1. The summed E-state index contributed by atoms with van der Waals surface area (Å²) in [4.78, 5) is 6.94. The van der Waals surface area contributed by atoms with Crippen molar-refractivity contribution in [3.05, 3.63) is 5.82 Å². The highest BCUT2D eigenvalue weighted by atomic mass is 32.2. The highest BCUT2D eigenvalue weighted by Gasteiger charge is 2.24. The summed E-state index contributed by atoms with van der Waals surface area (Å²) in [7, 11) is 0. The Labute approximate surface area is 106 Å². The quantitative estimate of drug-likeness (QED) is 0.817. The van der Waals surface area contributed by atoms with Crippen molar-refractivity contribution in [1.82, 2.24) is 20.5 Å². The molecular formula is C11H19N5S. The van der Waals surface area contributed by atoms with E-state index in [0.29, 0.717) is 12.0 Å². The standard InChI is InChI=1S/C11H19N5S/c1-8-6-16(4-3-12-8)11-13-10(14-15-11)9-2-5-17-7-9/h8-9,12H,2-7H2,1H3,(H,13,14,15)/t8-,9?/m1/s1. The Hall–Kier alpha value is -0.750. The molecule has 3 heterocycles. The van der Waals surface area contributed by atoms with Crippen LogP contribution in [0, 0.1) is 0 Å². The summed E-state index contributed by atoms with van der Waals surface area (Å²) in [6.07, 6.45) is 1.23. The van der Waals surface area contributed by atoms with Gasteiger partial charge in [0.15, 0.2) is 0 Å². The number of thioether (sulfide) groups is 1. The SMILES string of the molecule is C[C@@H]1CN(c2n[nH]c(C3CCSC3)n2)CCN1. The number of rotatable bonds is 2. The van der Waals surface area contributed by atoms with Crippen LogP contribution in [0.5, 0.6) is 0 Å². The number of H-pyrrole nitrogens is 1. The Morgan fingerprint density at radius 3 is 3.18 bits per heavy atom. The predicted molar refractivity (Wildman–Crippen MR) is 70.7 cm³/mol. The molecule has 0 radical (unpaired) electrons. The molecule has 0 saturated carbocycles. The minimum Gasteiger partial charge on any atom is -0.337 e. The van der Waals surface area contributed by atoms with Crippen LogP contribution in [0.1, 0.15) is 25.1 Å². The number of nitrogens with one attached hydrogen (secondary N) is 2. The molecule has 1 aromatic heterocycles. The summed E-state index contributed by atoms with van der Waals surface area (Å²) in [6.45, 7) is 5.22. The van der Waals surface area contributed by atoms with Gasteiger partial charge in [-0.05, 0) is 19.1 Å². The van der Waals surface area contributed by atoms with E-state index >= 15 is 0 Å². The van der Waals surface area contributed by atoms with Gasteiger partial charge in [-0.3, -0.25) is 5.10 Å². The van der Waals surface area contributed by atoms with Gasteiger partial charge in [-0.2, -0.15) is 16.7 Å². The third-order valence-electron chi connectivity index (χ3n) is 3.46. The molecule has 3 rings (SSSR count). The molecular weight excluding hydrogens is 234 g/mol. The first-order valence-electron chi connectivity index (χ1n) is 6.31. The van der Waals surface area contributed by atoms with E-state index in [1.54, 1.807) is 0 Å². The minimum atomic E-state index is 0.521. The third-order valence-corrected chi connectivity index (χ3v) is 4.62. The highest BCUT2D eigenvalue weighted by Crippen LogP contribution is 2.30. The molecule has 17 heavy (non-hydrogen) atoms. The van der Waals surface area contributed by atoms with Crippen molar-refractivity contribution < 1.29 is 0 Å². The summed E-state index contributed by atoms with van der Waals surface area (Å²) in [5, 5.41) is 10.9. The average Bonchev–Trinajstić information content (AvgIpc) is 3.00. The smallest absolute Gasteiger partial charge is 0.244 e. The van der Waals surface area contributed by atoms with Crippen molar-refractivity contribution in [2.24, 2.45) is 0 Å². The maximum Gasteiger partial charge on any atom is 0.244 e. The molecule has 0 amide bonds. The van der Waals surface area contributed by atoms with Crippen molar-refractivity contribution in [3.8, 4) is 0 Å². The minimum absolute atomic E-state index is 0.521. The van der Waals surface area contributed by atoms with Gasteiger partial charge in [-0.1, -0.05) is 0 Å². The summed E-state index contributed by atoms with van der Waals surface area (Å²) in [6, 6.07) is 0.521. The largest absolute Gasteiger partial charge is 0.337 e. The van der Waals surface area contributed by atoms with E-state index in [9.17, 15) is 0 Å². The third kappa shape index (κ3) is 2.42. The van der Waals surface area contributed by atoms with Crippen LogP contribution < -0.4 is 10.2 Å². The summed E-state index contributed by atoms with van der Waals surface area (Å²) < 4.78 is 0. The van der Waals surface area contributed by atoms with Crippen LogP contribution in [-0.4, -0.2) is 52.4 Å². The highest BCUT2D eigenvalue weighted by molar-refractivity contribution is 7.99. The van der Waals surface area contributed by atoms with Gasteiger partial charge in [0, 0.05) is 37.3 Å². The lowest BCUT2D eigenvalue weighted by Gasteiger charge is -2.30. The molecule has 0 aliphatic carbocycles. The van der Waals surface area contributed by atoms with E-state index in [-0.39, 0.29) is 0 Å². The lowest BCUT2D eigenvalue weighted by molar-refractivity contribution is 0.479. The van der Waals surface area contributed by atoms with Gasteiger partial charge in [-0.25, -0.2) is 0 Å². The number of nitrogens with zero attached hydrogens (tertiary/aromatic N) is 3. The first kappa shape index (κ1) is 11.3. The zero-order valence-corrected chi connectivity index (χ0v) is 11.0. The molecule has 2 N–H and O–H groups in total. The number of anilines is 1. The number of aromatic nitrogens is 3. The van der Waals surface area contributed by atoms with Crippen LogP contribution >= 0.6 is 11.8 Å². The molecule has 2 atom stereocenters. The fourth-order valence-corrected chi connectivity index (χ4v) is 3.68. The van der Waals surface area contributed by atoms with Gasteiger partial charge >= 0.3 is 0 Å². The number of hydrogen-bond acceptors (Lipinski definition) is 5. The van der Waals surface area contributed by atoms with E-state index in [0.717, 1.165) is 31.4 Å². The monoisotopic (exact) mass is 253 g/mol. The van der Waals surface area contributed by atoms with Gasteiger partial charge in [0.25, 0.3) is 0 Å².